The van der Waals surface area contributed by atoms with Crippen molar-refractivity contribution in [1.82, 2.24) is 19.8 Å². The summed E-state index contributed by atoms with van der Waals surface area (Å²) in [6.45, 7) is 14.0. The minimum absolute atomic E-state index is 0. The Bertz CT molecular complexity index is 1860. The lowest BCUT2D eigenvalue weighted by Crippen LogP contribution is -2.49. The van der Waals surface area contributed by atoms with E-state index in [-0.39, 0.29) is 53.4 Å². The van der Waals surface area contributed by atoms with Gasteiger partial charge in [-0.25, -0.2) is 19.6 Å². The van der Waals surface area contributed by atoms with Crippen molar-refractivity contribution < 1.29 is 54.4 Å². The van der Waals surface area contributed by atoms with Crippen LogP contribution in [0.25, 0.3) is 21.8 Å². The number of nitrogens with two attached hydrogens (primary N) is 2. The second-order valence-electron chi connectivity index (χ2n) is 14.5. The molecule has 0 unspecified atom stereocenters. The van der Waals surface area contributed by atoms with Crippen molar-refractivity contribution >= 4 is 81.8 Å². The third-order valence-corrected chi connectivity index (χ3v) is 9.47. The fraction of sp³-hybridized carbons (Fsp3) is 0.500. The van der Waals surface area contributed by atoms with E-state index in [2.05, 4.69) is 9.80 Å². The molecule has 2 aromatic carbocycles. The van der Waals surface area contributed by atoms with E-state index < -0.39 is 0 Å². The lowest BCUT2D eigenvalue weighted by atomic mass is 10.1. The van der Waals surface area contributed by atoms with Gasteiger partial charge in [0.1, 0.15) is 11.6 Å². The highest BCUT2D eigenvalue weighted by Gasteiger charge is 2.26. The van der Waals surface area contributed by atoms with E-state index in [0.717, 1.165) is 33.4 Å². The maximum absolute atomic E-state index is 12.1. The number of rotatable bonds is 10. The smallest absolute Gasteiger partial charge is 0.409 e. The molecule has 2 aliphatic rings. The number of halogens is 2. The van der Waals surface area contributed by atoms with Crippen molar-refractivity contribution in [2.75, 3.05) is 115 Å². The number of amides is 2. The SMILES string of the molecule is COc1cc2nc(N3CCN(C(=O)OCC(C)C)CC3)cc(N)c2cc1OC.COc1cc2nc(N3CCN(C(=O)OCC(C)C)CC3)cc(N)c2cc1OC.Cl.Cl.O.O.O. The number of hydrogen-bond acceptors (Lipinski definition) is 14. The van der Waals surface area contributed by atoms with E-state index in [1.165, 1.54) is 0 Å². The first kappa shape index (κ1) is 55.7. The fourth-order valence-electron chi connectivity index (χ4n) is 6.35. The monoisotopic (exact) mass is 902 g/mol. The number of nitrogen functional groups attached to an aromatic ring is 2. The number of carbonyl (C=O) groups excluding carboxylic acids is 2. The molecular formula is C40H64Cl2N8O11. The Morgan fingerprint density at radius 1 is 0.541 bits per heavy atom. The summed E-state index contributed by atoms with van der Waals surface area (Å²) in [5.74, 6) is 4.67. The van der Waals surface area contributed by atoms with Crippen LogP contribution in [0.5, 0.6) is 23.0 Å². The van der Waals surface area contributed by atoms with Crippen molar-refractivity contribution in [3.05, 3.63) is 36.4 Å². The molecule has 2 saturated heterocycles. The third-order valence-electron chi connectivity index (χ3n) is 9.47. The number of nitrogens with zero attached hydrogens (tertiary/aromatic N) is 6. The minimum Gasteiger partial charge on any atom is -0.493 e. The van der Waals surface area contributed by atoms with Gasteiger partial charge in [0.2, 0.25) is 0 Å². The topological polar surface area (TPSA) is 275 Å². The normalized spacial score (nSPS) is 13.3. The molecule has 0 bridgehead atoms. The Morgan fingerprint density at radius 3 is 1.11 bits per heavy atom. The summed E-state index contributed by atoms with van der Waals surface area (Å²) in [5.41, 5.74) is 15.3. The zero-order chi connectivity index (χ0) is 40.5. The molecule has 0 saturated carbocycles. The van der Waals surface area contributed by atoms with Crippen LogP contribution in [0, 0.1) is 11.8 Å². The van der Waals surface area contributed by atoms with Crippen molar-refractivity contribution in [2.45, 2.75) is 27.7 Å². The average Bonchev–Trinajstić information content (AvgIpc) is 3.21. The van der Waals surface area contributed by atoms with E-state index in [1.54, 1.807) is 38.2 Å². The number of aromatic nitrogens is 2. The first-order valence-corrected chi connectivity index (χ1v) is 18.8. The first-order chi connectivity index (χ1) is 26.8. The molecule has 2 amide bonds. The predicted octanol–water partition coefficient (Wildman–Crippen LogP) is 3.87. The lowest BCUT2D eigenvalue weighted by Gasteiger charge is -2.35. The Kier molecular flexibility index (Phi) is 23.2. The summed E-state index contributed by atoms with van der Waals surface area (Å²) in [7, 11) is 6.36. The highest BCUT2D eigenvalue weighted by Crippen LogP contribution is 2.37. The van der Waals surface area contributed by atoms with Crippen LogP contribution in [0.1, 0.15) is 27.7 Å². The number of anilines is 4. The Labute approximate surface area is 369 Å². The number of hydrogen-bond donors (Lipinski definition) is 2. The largest absolute Gasteiger partial charge is 0.493 e. The molecule has 10 N–H and O–H groups in total. The van der Waals surface area contributed by atoms with Crippen LogP contribution in [0.2, 0.25) is 0 Å². The summed E-state index contributed by atoms with van der Waals surface area (Å²) in [6, 6.07) is 11.1. The van der Waals surface area contributed by atoms with E-state index in [1.807, 2.05) is 64.1 Å². The molecule has 4 heterocycles. The molecule has 61 heavy (non-hydrogen) atoms. The summed E-state index contributed by atoms with van der Waals surface area (Å²) in [5, 5.41) is 1.63. The van der Waals surface area contributed by atoms with E-state index in [4.69, 9.17) is 49.9 Å². The molecule has 0 aliphatic carbocycles. The molecule has 0 radical (unpaired) electrons. The van der Waals surface area contributed by atoms with Gasteiger partial charge in [0, 0.05) is 98.8 Å². The summed E-state index contributed by atoms with van der Waals surface area (Å²) in [6.07, 6.45) is -0.507. The standard InChI is InChI=1S/2C20H28N4O4.2ClH.3H2O/c2*1-13(2)12-28-20(25)24-7-5-23(6-8-24)19-10-15(21)14-9-17(26-3)18(27-4)11-16(14)22-19;;;;;/h2*9-11,13H,5-8,12H2,1-4H3,(H2,21,22);2*1H;3*1H2. The van der Waals surface area contributed by atoms with Crippen LogP contribution < -0.4 is 40.2 Å². The molecule has 344 valence electrons. The molecule has 2 fully saturated rings. The van der Waals surface area contributed by atoms with Gasteiger partial charge in [-0.1, -0.05) is 27.7 Å². The lowest BCUT2D eigenvalue weighted by molar-refractivity contribution is 0.0895. The van der Waals surface area contributed by atoms with Gasteiger partial charge in [0.25, 0.3) is 0 Å². The maximum Gasteiger partial charge on any atom is 0.409 e. The number of pyridine rings is 2. The maximum atomic E-state index is 12.1. The molecule has 19 nitrogen and oxygen atoms in total. The number of fused-ring (bicyclic) bond motifs is 2. The van der Waals surface area contributed by atoms with Gasteiger partial charge in [-0.05, 0) is 24.0 Å². The van der Waals surface area contributed by atoms with Crippen LogP contribution in [0.15, 0.2) is 36.4 Å². The van der Waals surface area contributed by atoms with Gasteiger partial charge in [0.05, 0.1) is 52.7 Å². The van der Waals surface area contributed by atoms with Crippen LogP contribution >= 0.6 is 24.8 Å². The highest BCUT2D eigenvalue weighted by molar-refractivity contribution is 5.95. The van der Waals surface area contributed by atoms with E-state index in [0.29, 0.717) is 112 Å². The Hall–Kier alpha value is -5.34. The second-order valence-corrected chi connectivity index (χ2v) is 14.5. The predicted molar refractivity (Wildman–Crippen MR) is 244 cm³/mol. The number of benzene rings is 2. The van der Waals surface area contributed by atoms with Gasteiger partial charge in [-0.3, -0.25) is 0 Å². The summed E-state index contributed by atoms with van der Waals surface area (Å²) in [4.78, 5) is 41.5. The van der Waals surface area contributed by atoms with Crippen molar-refractivity contribution in [3.8, 4) is 23.0 Å². The molecule has 0 spiro atoms. The third kappa shape index (κ3) is 13.8. The average molecular weight is 904 g/mol. The van der Waals surface area contributed by atoms with Crippen LogP contribution in [-0.4, -0.2) is 142 Å². The molecule has 6 rings (SSSR count). The Morgan fingerprint density at radius 2 is 0.836 bits per heavy atom. The van der Waals surface area contributed by atoms with Crippen LogP contribution in [0.3, 0.4) is 0 Å². The van der Waals surface area contributed by atoms with Gasteiger partial charge < -0.3 is 75.9 Å². The first-order valence-electron chi connectivity index (χ1n) is 18.8. The molecule has 2 aromatic heterocycles. The number of carbonyl (C=O) groups is 2. The van der Waals surface area contributed by atoms with Crippen molar-refractivity contribution in [3.63, 3.8) is 0 Å². The Balaban J connectivity index is 0.00000109. The fourth-order valence-corrected chi connectivity index (χ4v) is 6.35. The second kappa shape index (κ2) is 25.4. The van der Waals surface area contributed by atoms with Crippen LogP contribution in [0.4, 0.5) is 32.6 Å². The molecular weight excluding hydrogens is 839 g/mol. The molecule has 0 atom stereocenters. The van der Waals surface area contributed by atoms with Crippen LogP contribution in [-0.2, 0) is 9.47 Å². The highest BCUT2D eigenvalue weighted by atomic mass is 35.5. The zero-order valence-electron chi connectivity index (χ0n) is 36.1. The van der Waals surface area contributed by atoms with Gasteiger partial charge in [-0.15, -0.1) is 24.8 Å². The van der Waals surface area contributed by atoms with E-state index >= 15 is 0 Å². The summed E-state index contributed by atoms with van der Waals surface area (Å²) >= 11 is 0. The van der Waals surface area contributed by atoms with Gasteiger partial charge >= 0.3 is 12.2 Å². The van der Waals surface area contributed by atoms with E-state index in [9.17, 15) is 9.59 Å². The van der Waals surface area contributed by atoms with Gasteiger partial charge in [0.15, 0.2) is 23.0 Å². The zero-order valence-corrected chi connectivity index (χ0v) is 37.7. The molecule has 2 aliphatic heterocycles. The summed E-state index contributed by atoms with van der Waals surface area (Å²) < 4.78 is 32.1. The minimum atomic E-state index is -0.254. The number of methoxy groups -OCH3 is 4. The van der Waals surface area contributed by atoms with Gasteiger partial charge in [-0.2, -0.15) is 0 Å². The van der Waals surface area contributed by atoms with Crippen molar-refractivity contribution in [2.24, 2.45) is 11.8 Å². The number of ether oxygens (including phenoxy) is 6. The van der Waals surface area contributed by atoms with Crippen molar-refractivity contribution in [1.29, 1.82) is 0 Å². The number of piperazine rings is 2. The molecule has 4 aromatic rings. The molecule has 21 heteroatoms. The quantitative estimate of drug-likeness (QED) is 0.229.